The minimum absolute atomic E-state index is 0.289. The number of aliphatic hydroxyl groups is 1. The first-order valence-electron chi connectivity index (χ1n) is 6.01. The Bertz CT molecular complexity index is 255. The molecule has 0 saturated heterocycles. The summed E-state index contributed by atoms with van der Waals surface area (Å²) in [6.07, 6.45) is 6.66. The molecule has 15 heavy (non-hydrogen) atoms. The number of nitriles is 1. The van der Waals surface area contributed by atoms with E-state index in [1.54, 1.807) is 0 Å². The third-order valence-electron chi connectivity index (χ3n) is 4.04. The Morgan fingerprint density at radius 3 is 2.80 bits per heavy atom. The van der Waals surface area contributed by atoms with Crippen LogP contribution < -0.4 is 5.32 Å². The van der Waals surface area contributed by atoms with Gasteiger partial charge in [-0.15, -0.1) is 0 Å². The Labute approximate surface area is 91.5 Å². The van der Waals surface area contributed by atoms with Gasteiger partial charge in [0, 0.05) is 25.6 Å². The topological polar surface area (TPSA) is 56.0 Å². The first kappa shape index (κ1) is 10.9. The van der Waals surface area contributed by atoms with Gasteiger partial charge in [0.1, 0.15) is 0 Å². The van der Waals surface area contributed by atoms with Crippen LogP contribution >= 0.6 is 0 Å². The average Bonchev–Trinajstić information content (AvgIpc) is 2.86. The number of rotatable bonds is 5. The van der Waals surface area contributed by atoms with Gasteiger partial charge >= 0.3 is 0 Å². The Morgan fingerprint density at radius 1 is 1.40 bits per heavy atom. The zero-order chi connectivity index (χ0) is 10.7. The largest absolute Gasteiger partial charge is 0.396 e. The van der Waals surface area contributed by atoms with Crippen molar-refractivity contribution < 1.29 is 5.11 Å². The van der Waals surface area contributed by atoms with Crippen LogP contribution in [0, 0.1) is 22.7 Å². The van der Waals surface area contributed by atoms with Crippen molar-refractivity contribution in [2.45, 2.75) is 44.6 Å². The summed E-state index contributed by atoms with van der Waals surface area (Å²) in [6, 6.07) is 2.77. The summed E-state index contributed by atoms with van der Waals surface area (Å²) < 4.78 is 0. The van der Waals surface area contributed by atoms with E-state index < -0.39 is 0 Å². The lowest BCUT2D eigenvalue weighted by Gasteiger charge is -2.22. The second kappa shape index (κ2) is 4.51. The predicted molar refractivity (Wildman–Crippen MR) is 58.1 cm³/mol. The van der Waals surface area contributed by atoms with Crippen LogP contribution in [-0.2, 0) is 0 Å². The molecule has 84 valence electrons. The lowest BCUT2D eigenvalue weighted by Crippen LogP contribution is -2.37. The molecule has 0 aromatic rings. The average molecular weight is 208 g/mol. The minimum Gasteiger partial charge on any atom is -0.396 e. The number of aliphatic hydroxyl groups excluding tert-OH is 1. The van der Waals surface area contributed by atoms with Crippen LogP contribution in [0.3, 0.4) is 0 Å². The Balaban J connectivity index is 1.76. The van der Waals surface area contributed by atoms with E-state index in [1.807, 2.05) is 0 Å². The van der Waals surface area contributed by atoms with Crippen LogP contribution in [0.25, 0.3) is 0 Å². The molecule has 2 aliphatic rings. The lowest BCUT2D eigenvalue weighted by molar-refractivity contribution is 0.202. The van der Waals surface area contributed by atoms with Crippen molar-refractivity contribution in [2.24, 2.45) is 11.3 Å². The quantitative estimate of drug-likeness (QED) is 0.718. The van der Waals surface area contributed by atoms with E-state index in [0.717, 1.165) is 13.0 Å². The number of nitrogens with zero attached hydrogens (tertiary/aromatic N) is 1. The van der Waals surface area contributed by atoms with E-state index in [-0.39, 0.29) is 5.41 Å². The van der Waals surface area contributed by atoms with Crippen LogP contribution in [0.4, 0.5) is 0 Å². The van der Waals surface area contributed by atoms with E-state index in [0.29, 0.717) is 25.0 Å². The highest BCUT2D eigenvalue weighted by Gasteiger charge is 2.43. The number of nitrogens with one attached hydrogen (secondary N) is 1. The van der Waals surface area contributed by atoms with Crippen molar-refractivity contribution >= 4 is 0 Å². The van der Waals surface area contributed by atoms with E-state index >= 15 is 0 Å². The summed E-state index contributed by atoms with van der Waals surface area (Å²) in [5, 5.41) is 21.5. The number of hydrogen-bond donors (Lipinski definition) is 2. The molecule has 3 heteroatoms. The maximum atomic E-state index is 9.19. The summed E-state index contributed by atoms with van der Waals surface area (Å²) in [7, 11) is 0. The Hall–Kier alpha value is -0.590. The second-order valence-corrected chi connectivity index (χ2v) is 5.20. The standard InChI is InChI=1S/C12H20N2O/c13-7-6-12(4-5-12)9-14-11-3-1-2-10(11)8-15/h10-11,14-15H,1-6,8-9H2. The summed E-state index contributed by atoms with van der Waals surface area (Å²) in [4.78, 5) is 0. The highest BCUT2D eigenvalue weighted by atomic mass is 16.3. The summed E-state index contributed by atoms with van der Waals surface area (Å²) >= 11 is 0. The van der Waals surface area contributed by atoms with Gasteiger partial charge in [-0.3, -0.25) is 0 Å². The van der Waals surface area contributed by atoms with Gasteiger partial charge in [0.25, 0.3) is 0 Å². The van der Waals surface area contributed by atoms with Gasteiger partial charge in [-0.1, -0.05) is 6.42 Å². The summed E-state index contributed by atoms with van der Waals surface area (Å²) in [6.45, 7) is 1.28. The molecule has 2 rings (SSSR count). The molecule has 0 bridgehead atoms. The van der Waals surface area contributed by atoms with Crippen molar-refractivity contribution in [1.82, 2.24) is 5.32 Å². The molecule has 2 aliphatic carbocycles. The van der Waals surface area contributed by atoms with Gasteiger partial charge in [0.05, 0.1) is 6.07 Å². The molecule has 2 saturated carbocycles. The van der Waals surface area contributed by atoms with Crippen LogP contribution in [0.2, 0.25) is 0 Å². The molecule has 0 aromatic carbocycles. The third kappa shape index (κ3) is 2.50. The third-order valence-corrected chi connectivity index (χ3v) is 4.04. The SMILES string of the molecule is N#CCC1(CNC2CCCC2CO)CC1. The van der Waals surface area contributed by atoms with Crippen molar-refractivity contribution in [2.75, 3.05) is 13.2 Å². The molecule has 0 aliphatic heterocycles. The smallest absolute Gasteiger partial charge is 0.0628 e. The summed E-state index contributed by atoms with van der Waals surface area (Å²) in [5.41, 5.74) is 0.289. The Kier molecular flexibility index (Phi) is 3.28. The highest BCUT2D eigenvalue weighted by Crippen LogP contribution is 2.48. The van der Waals surface area contributed by atoms with Crippen LogP contribution in [-0.4, -0.2) is 24.3 Å². The molecule has 3 nitrogen and oxygen atoms in total. The van der Waals surface area contributed by atoms with Gasteiger partial charge in [0.2, 0.25) is 0 Å². The van der Waals surface area contributed by atoms with E-state index in [4.69, 9.17) is 5.26 Å². The van der Waals surface area contributed by atoms with Gasteiger partial charge in [-0.2, -0.15) is 5.26 Å². The minimum atomic E-state index is 0.289. The van der Waals surface area contributed by atoms with Crippen LogP contribution in [0.15, 0.2) is 0 Å². The molecular formula is C12H20N2O. The fourth-order valence-corrected chi connectivity index (χ4v) is 2.63. The zero-order valence-corrected chi connectivity index (χ0v) is 9.21. The summed E-state index contributed by atoms with van der Waals surface area (Å²) in [5.74, 6) is 0.447. The van der Waals surface area contributed by atoms with Gasteiger partial charge in [0.15, 0.2) is 0 Å². The van der Waals surface area contributed by atoms with E-state index in [1.165, 1.54) is 25.7 Å². The molecule has 0 amide bonds. The van der Waals surface area contributed by atoms with E-state index in [2.05, 4.69) is 11.4 Å². The van der Waals surface area contributed by atoms with Crippen molar-refractivity contribution in [3.8, 4) is 6.07 Å². The molecule has 2 unspecified atom stereocenters. The molecule has 2 atom stereocenters. The van der Waals surface area contributed by atoms with Crippen LogP contribution in [0.1, 0.15) is 38.5 Å². The molecule has 0 radical (unpaired) electrons. The van der Waals surface area contributed by atoms with Gasteiger partial charge in [-0.25, -0.2) is 0 Å². The normalized spacial score (nSPS) is 32.5. The molecular weight excluding hydrogens is 188 g/mol. The highest BCUT2D eigenvalue weighted by molar-refractivity contribution is 5.01. The van der Waals surface area contributed by atoms with Crippen LogP contribution in [0.5, 0.6) is 0 Å². The molecule has 2 N–H and O–H groups in total. The monoisotopic (exact) mass is 208 g/mol. The fraction of sp³-hybridized carbons (Fsp3) is 0.917. The number of hydrogen-bond acceptors (Lipinski definition) is 3. The Morgan fingerprint density at radius 2 is 2.20 bits per heavy atom. The van der Waals surface area contributed by atoms with E-state index in [9.17, 15) is 5.11 Å². The second-order valence-electron chi connectivity index (χ2n) is 5.20. The molecule has 2 fully saturated rings. The predicted octanol–water partition coefficient (Wildman–Crippen LogP) is 1.43. The van der Waals surface area contributed by atoms with Crippen molar-refractivity contribution in [3.05, 3.63) is 0 Å². The molecule has 0 spiro atoms. The fourth-order valence-electron chi connectivity index (χ4n) is 2.63. The van der Waals surface area contributed by atoms with Gasteiger partial charge < -0.3 is 10.4 Å². The van der Waals surface area contributed by atoms with Gasteiger partial charge in [-0.05, 0) is 37.0 Å². The maximum absolute atomic E-state index is 9.19. The first-order valence-corrected chi connectivity index (χ1v) is 6.01. The molecule has 0 heterocycles. The maximum Gasteiger partial charge on any atom is 0.0628 e. The first-order chi connectivity index (χ1) is 7.29. The van der Waals surface area contributed by atoms with Crippen molar-refractivity contribution in [3.63, 3.8) is 0 Å². The van der Waals surface area contributed by atoms with Crippen molar-refractivity contribution in [1.29, 1.82) is 5.26 Å². The lowest BCUT2D eigenvalue weighted by atomic mass is 10.0. The molecule has 0 aromatic heterocycles. The zero-order valence-electron chi connectivity index (χ0n) is 9.21.